The van der Waals surface area contributed by atoms with E-state index in [1.807, 2.05) is 0 Å². The molecule has 2 rings (SSSR count). The monoisotopic (exact) mass is 328 g/mol. The van der Waals surface area contributed by atoms with Crippen LogP contribution in [0.25, 0.3) is 11.5 Å². The van der Waals surface area contributed by atoms with E-state index in [9.17, 15) is 9.18 Å². The average Bonchev–Trinajstić information content (AvgIpc) is 2.77. The predicted octanol–water partition coefficient (Wildman–Crippen LogP) is 3.05. The maximum atomic E-state index is 13.7. The summed E-state index contributed by atoms with van der Waals surface area (Å²) in [5.74, 6) is -0.942. The van der Waals surface area contributed by atoms with E-state index in [-0.39, 0.29) is 17.9 Å². The number of carbonyl (C=O) groups is 1. The molecule has 0 aliphatic carbocycles. The molecule has 0 atom stereocenters. The van der Waals surface area contributed by atoms with Gasteiger partial charge in [0.15, 0.2) is 0 Å². The highest BCUT2D eigenvalue weighted by molar-refractivity contribution is 9.10. The zero-order chi connectivity index (χ0) is 13.8. The van der Waals surface area contributed by atoms with Crippen LogP contribution in [0, 0.1) is 5.82 Å². The third kappa shape index (κ3) is 3.60. The summed E-state index contributed by atoms with van der Waals surface area (Å²) in [6.45, 7) is 0. The minimum atomic E-state index is -0.876. The summed E-state index contributed by atoms with van der Waals surface area (Å²) >= 11 is 3.16. The lowest BCUT2D eigenvalue weighted by atomic mass is 10.2. The first-order valence-electron chi connectivity index (χ1n) is 5.56. The Labute approximate surface area is 116 Å². The van der Waals surface area contributed by atoms with Crippen molar-refractivity contribution < 1.29 is 18.7 Å². The van der Waals surface area contributed by atoms with Crippen LogP contribution in [0.2, 0.25) is 0 Å². The number of aryl methyl sites for hydroxylation is 1. The molecule has 0 unspecified atom stereocenters. The standard InChI is InChI=1S/C12H10BrFN2O3/c13-7-4-5-8(9(14)6-7)12-16-15-10(19-12)2-1-3-11(17)18/h4-6H,1-3H2,(H,17,18). The van der Waals surface area contributed by atoms with Gasteiger partial charge in [0.2, 0.25) is 5.89 Å². The molecule has 0 fully saturated rings. The molecule has 1 aromatic carbocycles. The van der Waals surface area contributed by atoms with Crippen LogP contribution in [0.3, 0.4) is 0 Å². The minimum Gasteiger partial charge on any atom is -0.481 e. The second-order valence-electron chi connectivity index (χ2n) is 3.87. The topological polar surface area (TPSA) is 76.2 Å². The van der Waals surface area contributed by atoms with Gasteiger partial charge in [0.25, 0.3) is 5.89 Å². The number of halogens is 2. The molecule has 5 nitrogen and oxygen atoms in total. The number of hydrogen-bond acceptors (Lipinski definition) is 4. The number of aromatic nitrogens is 2. The highest BCUT2D eigenvalue weighted by Crippen LogP contribution is 2.24. The molecule has 0 amide bonds. The van der Waals surface area contributed by atoms with Crippen LogP contribution < -0.4 is 0 Å². The highest BCUT2D eigenvalue weighted by atomic mass is 79.9. The molecule has 0 saturated carbocycles. The number of carboxylic acid groups (broad SMARTS) is 1. The van der Waals surface area contributed by atoms with E-state index in [0.717, 1.165) is 0 Å². The highest BCUT2D eigenvalue weighted by Gasteiger charge is 2.13. The largest absolute Gasteiger partial charge is 0.481 e. The lowest BCUT2D eigenvalue weighted by Gasteiger charge is -1.97. The summed E-state index contributed by atoms with van der Waals surface area (Å²) in [6.07, 6.45) is 0.793. The Morgan fingerprint density at radius 2 is 2.21 bits per heavy atom. The molecule has 0 aliphatic heterocycles. The molecule has 0 spiro atoms. The zero-order valence-electron chi connectivity index (χ0n) is 9.77. The summed E-state index contributed by atoms with van der Waals surface area (Å²) < 4.78 is 19.6. The first kappa shape index (κ1) is 13.7. The van der Waals surface area contributed by atoms with Gasteiger partial charge >= 0.3 is 5.97 Å². The van der Waals surface area contributed by atoms with Crippen LogP contribution in [-0.4, -0.2) is 21.3 Å². The molecule has 1 N–H and O–H groups in total. The van der Waals surface area contributed by atoms with E-state index in [0.29, 0.717) is 23.2 Å². The van der Waals surface area contributed by atoms with Gasteiger partial charge in [-0.25, -0.2) is 4.39 Å². The normalized spacial score (nSPS) is 10.6. The van der Waals surface area contributed by atoms with Crippen molar-refractivity contribution >= 4 is 21.9 Å². The maximum absolute atomic E-state index is 13.7. The Kier molecular flexibility index (Phi) is 4.26. The van der Waals surface area contributed by atoms with Gasteiger partial charge in [0.1, 0.15) is 5.82 Å². The minimum absolute atomic E-state index is 0.0321. The first-order valence-corrected chi connectivity index (χ1v) is 6.35. The Balaban J connectivity index is 2.10. The second kappa shape index (κ2) is 5.92. The fourth-order valence-corrected chi connectivity index (χ4v) is 1.85. The number of rotatable bonds is 5. The van der Waals surface area contributed by atoms with Gasteiger partial charge < -0.3 is 9.52 Å². The van der Waals surface area contributed by atoms with Gasteiger partial charge in [-0.1, -0.05) is 15.9 Å². The number of benzene rings is 1. The fraction of sp³-hybridized carbons (Fsp3) is 0.250. The number of aliphatic carboxylic acids is 1. The molecule has 0 saturated heterocycles. The van der Waals surface area contributed by atoms with Crippen LogP contribution in [0.1, 0.15) is 18.7 Å². The molecule has 100 valence electrons. The number of nitrogens with zero attached hydrogens (tertiary/aromatic N) is 2. The predicted molar refractivity (Wildman–Crippen MR) is 68.0 cm³/mol. The number of carboxylic acids is 1. The molecule has 7 heteroatoms. The van der Waals surface area contributed by atoms with Gasteiger partial charge in [-0.05, 0) is 24.6 Å². The van der Waals surface area contributed by atoms with Crippen molar-refractivity contribution in [3.8, 4) is 11.5 Å². The fourth-order valence-electron chi connectivity index (χ4n) is 1.52. The van der Waals surface area contributed by atoms with Crippen LogP contribution in [0.4, 0.5) is 4.39 Å². The van der Waals surface area contributed by atoms with Gasteiger partial charge in [-0.15, -0.1) is 10.2 Å². The first-order chi connectivity index (χ1) is 9.06. The smallest absolute Gasteiger partial charge is 0.303 e. The summed E-state index contributed by atoms with van der Waals surface area (Å²) in [5.41, 5.74) is 0.222. The summed E-state index contributed by atoms with van der Waals surface area (Å²) in [7, 11) is 0. The van der Waals surface area contributed by atoms with Crippen molar-refractivity contribution in [2.24, 2.45) is 0 Å². The van der Waals surface area contributed by atoms with Gasteiger partial charge in [0.05, 0.1) is 5.56 Å². The summed E-state index contributed by atoms with van der Waals surface area (Å²) in [5, 5.41) is 16.0. The van der Waals surface area contributed by atoms with E-state index in [1.54, 1.807) is 6.07 Å². The van der Waals surface area contributed by atoms with Crippen LogP contribution in [0.15, 0.2) is 27.1 Å². The van der Waals surface area contributed by atoms with Crippen LogP contribution in [0.5, 0.6) is 0 Å². The van der Waals surface area contributed by atoms with E-state index in [1.165, 1.54) is 12.1 Å². The molecule has 0 radical (unpaired) electrons. The molecule has 0 aliphatic rings. The molecule has 19 heavy (non-hydrogen) atoms. The van der Waals surface area contributed by atoms with E-state index >= 15 is 0 Å². The molecular weight excluding hydrogens is 319 g/mol. The van der Waals surface area contributed by atoms with Crippen molar-refractivity contribution in [2.75, 3.05) is 0 Å². The third-order valence-electron chi connectivity index (χ3n) is 2.41. The van der Waals surface area contributed by atoms with Crippen LogP contribution in [-0.2, 0) is 11.2 Å². The Morgan fingerprint density at radius 1 is 1.42 bits per heavy atom. The molecular formula is C12H10BrFN2O3. The van der Waals surface area contributed by atoms with Crippen molar-refractivity contribution in [3.63, 3.8) is 0 Å². The van der Waals surface area contributed by atoms with Gasteiger partial charge in [0, 0.05) is 17.3 Å². The molecule has 1 heterocycles. The lowest BCUT2D eigenvalue weighted by Crippen LogP contribution is -1.95. The van der Waals surface area contributed by atoms with Gasteiger partial charge in [-0.2, -0.15) is 0 Å². The average molecular weight is 329 g/mol. The second-order valence-corrected chi connectivity index (χ2v) is 4.79. The van der Waals surface area contributed by atoms with Gasteiger partial charge in [-0.3, -0.25) is 4.79 Å². The molecule has 2 aromatic rings. The SMILES string of the molecule is O=C(O)CCCc1nnc(-c2ccc(Br)cc2F)o1. The van der Waals surface area contributed by atoms with Crippen molar-refractivity contribution in [2.45, 2.75) is 19.3 Å². The Bertz CT molecular complexity index is 600. The Morgan fingerprint density at radius 3 is 2.89 bits per heavy atom. The molecule has 0 bridgehead atoms. The summed E-state index contributed by atoms with van der Waals surface area (Å²) in [4.78, 5) is 10.4. The zero-order valence-corrected chi connectivity index (χ0v) is 11.4. The Hall–Kier alpha value is -1.76. The van der Waals surface area contributed by atoms with E-state index < -0.39 is 11.8 Å². The quantitative estimate of drug-likeness (QED) is 0.912. The number of hydrogen-bond donors (Lipinski definition) is 1. The van der Waals surface area contributed by atoms with Crippen LogP contribution >= 0.6 is 15.9 Å². The van der Waals surface area contributed by atoms with Crippen molar-refractivity contribution in [3.05, 3.63) is 34.4 Å². The molecule has 1 aromatic heterocycles. The maximum Gasteiger partial charge on any atom is 0.303 e. The van der Waals surface area contributed by atoms with Crippen molar-refractivity contribution in [1.29, 1.82) is 0 Å². The van der Waals surface area contributed by atoms with E-state index in [4.69, 9.17) is 9.52 Å². The summed E-state index contributed by atoms with van der Waals surface area (Å²) in [6, 6.07) is 4.52. The third-order valence-corrected chi connectivity index (χ3v) is 2.90. The van der Waals surface area contributed by atoms with Crippen molar-refractivity contribution in [1.82, 2.24) is 10.2 Å². The van der Waals surface area contributed by atoms with E-state index in [2.05, 4.69) is 26.1 Å². The lowest BCUT2D eigenvalue weighted by molar-refractivity contribution is -0.137.